The highest BCUT2D eigenvalue weighted by molar-refractivity contribution is 8.14. The van der Waals surface area contributed by atoms with Crippen LogP contribution in [-0.2, 0) is 0 Å². The van der Waals surface area contributed by atoms with Crippen LogP contribution in [0.3, 0.4) is 0 Å². The van der Waals surface area contributed by atoms with E-state index in [4.69, 9.17) is 0 Å². The molecule has 0 spiro atoms. The van der Waals surface area contributed by atoms with Gasteiger partial charge in [0.1, 0.15) is 0 Å². The molecule has 1 aliphatic heterocycles. The van der Waals surface area contributed by atoms with Crippen molar-refractivity contribution in [2.75, 3.05) is 6.54 Å². The lowest BCUT2D eigenvalue weighted by atomic mass is 9.90. The Morgan fingerprint density at radius 1 is 1.41 bits per heavy atom. The molecule has 1 rings (SSSR count). The highest BCUT2D eigenvalue weighted by atomic mass is 32.2. The van der Waals surface area contributed by atoms with Gasteiger partial charge < -0.3 is 5.32 Å². The molecule has 0 saturated carbocycles. The Hall–Kier alpha value is -0.180. The molecule has 0 aromatic carbocycles. The van der Waals surface area contributed by atoms with E-state index in [1.807, 2.05) is 11.8 Å². The fourth-order valence-electron chi connectivity index (χ4n) is 1.98. The van der Waals surface area contributed by atoms with Crippen molar-refractivity contribution in [3.8, 4) is 0 Å². The number of nitrogens with zero attached hydrogens (tertiary/aromatic N) is 1. The minimum absolute atomic E-state index is 0.408. The zero-order chi connectivity index (χ0) is 13.1. The second kappa shape index (κ2) is 6.12. The first-order valence-electron chi connectivity index (χ1n) is 6.79. The van der Waals surface area contributed by atoms with E-state index in [0.717, 1.165) is 11.7 Å². The third kappa shape index (κ3) is 5.33. The van der Waals surface area contributed by atoms with Crippen LogP contribution in [0.4, 0.5) is 0 Å². The number of hydrogen-bond acceptors (Lipinski definition) is 3. The molecule has 0 aliphatic carbocycles. The predicted octanol–water partition coefficient (Wildman–Crippen LogP) is 3.92. The van der Waals surface area contributed by atoms with E-state index in [9.17, 15) is 0 Å². The molecule has 100 valence electrons. The lowest BCUT2D eigenvalue weighted by Crippen LogP contribution is -2.35. The smallest absolute Gasteiger partial charge is 0.157 e. The molecule has 0 aromatic heterocycles. The zero-order valence-electron chi connectivity index (χ0n) is 12.2. The number of nitrogens with one attached hydrogen (secondary N) is 1. The first-order chi connectivity index (χ1) is 7.81. The summed E-state index contributed by atoms with van der Waals surface area (Å²) in [5, 5.41) is 5.39. The molecule has 3 atom stereocenters. The fraction of sp³-hybridized carbons (Fsp3) is 0.929. The molecule has 2 nitrogen and oxygen atoms in total. The van der Waals surface area contributed by atoms with Crippen LogP contribution in [-0.4, -0.2) is 23.0 Å². The monoisotopic (exact) mass is 256 g/mol. The standard InChI is InChI=1S/C14H28N2S/c1-7-10(2)11(3)16-13-15-9-12(17-13)8-14(4,5)6/h10-12H,7-9H2,1-6H3,(H,15,16). The van der Waals surface area contributed by atoms with Crippen LogP contribution >= 0.6 is 11.8 Å². The van der Waals surface area contributed by atoms with E-state index in [-0.39, 0.29) is 0 Å². The maximum absolute atomic E-state index is 4.63. The van der Waals surface area contributed by atoms with Gasteiger partial charge in [-0.1, -0.05) is 52.8 Å². The quantitative estimate of drug-likeness (QED) is 0.824. The van der Waals surface area contributed by atoms with E-state index in [1.165, 1.54) is 12.8 Å². The predicted molar refractivity (Wildman–Crippen MR) is 79.8 cm³/mol. The van der Waals surface area contributed by atoms with E-state index in [2.05, 4.69) is 51.9 Å². The summed E-state index contributed by atoms with van der Waals surface area (Å²) >= 11 is 1.93. The molecule has 0 aromatic rings. The summed E-state index contributed by atoms with van der Waals surface area (Å²) < 4.78 is 0. The molecule has 3 heteroatoms. The van der Waals surface area contributed by atoms with Gasteiger partial charge in [0.25, 0.3) is 0 Å². The van der Waals surface area contributed by atoms with Crippen molar-refractivity contribution in [2.45, 2.75) is 65.7 Å². The number of aliphatic imine (C=N–C) groups is 1. The summed E-state index contributed by atoms with van der Waals surface area (Å²) in [5.74, 6) is 0.708. The SMILES string of the molecule is CCC(C)C(C)NC1=NCC(CC(C)(C)C)S1. The van der Waals surface area contributed by atoms with Crippen LogP contribution in [0.5, 0.6) is 0 Å². The Bertz CT molecular complexity index is 268. The first-order valence-corrected chi connectivity index (χ1v) is 7.67. The fourth-order valence-corrected chi connectivity index (χ4v) is 3.43. The number of hydrogen-bond donors (Lipinski definition) is 1. The minimum Gasteiger partial charge on any atom is -0.362 e. The van der Waals surface area contributed by atoms with Crippen LogP contribution in [0.1, 0.15) is 54.4 Å². The molecule has 0 fully saturated rings. The van der Waals surface area contributed by atoms with Crippen LogP contribution in [0, 0.1) is 11.3 Å². The van der Waals surface area contributed by atoms with Crippen LogP contribution in [0.2, 0.25) is 0 Å². The van der Waals surface area contributed by atoms with Gasteiger partial charge in [-0.25, -0.2) is 0 Å². The third-order valence-corrected chi connectivity index (χ3v) is 4.52. The summed E-state index contributed by atoms with van der Waals surface area (Å²) in [6, 6.07) is 0.527. The van der Waals surface area contributed by atoms with Crippen molar-refractivity contribution in [3.05, 3.63) is 0 Å². The summed E-state index contributed by atoms with van der Waals surface area (Å²) in [7, 11) is 0. The van der Waals surface area contributed by atoms with Gasteiger partial charge in [0.05, 0.1) is 6.54 Å². The second-order valence-corrected chi connectivity index (χ2v) is 7.76. The second-order valence-electron chi connectivity index (χ2n) is 6.47. The van der Waals surface area contributed by atoms with Crippen LogP contribution in [0.15, 0.2) is 4.99 Å². The molecule has 3 unspecified atom stereocenters. The largest absolute Gasteiger partial charge is 0.362 e. The summed E-state index contributed by atoms with van der Waals surface area (Å²) in [5.41, 5.74) is 0.408. The highest BCUT2D eigenvalue weighted by Crippen LogP contribution is 2.31. The van der Waals surface area contributed by atoms with E-state index in [1.54, 1.807) is 0 Å². The van der Waals surface area contributed by atoms with Gasteiger partial charge in [-0.15, -0.1) is 0 Å². The summed E-state index contributed by atoms with van der Waals surface area (Å²) in [6.07, 6.45) is 2.46. The molecule has 0 radical (unpaired) electrons. The average Bonchev–Trinajstić information content (AvgIpc) is 2.61. The number of thioether (sulfide) groups is 1. The lowest BCUT2D eigenvalue weighted by molar-refractivity contribution is 0.375. The van der Waals surface area contributed by atoms with Crippen molar-refractivity contribution in [1.82, 2.24) is 5.32 Å². The van der Waals surface area contributed by atoms with Crippen molar-refractivity contribution in [1.29, 1.82) is 0 Å². The normalized spacial score (nSPS) is 24.4. The number of amidine groups is 1. The van der Waals surface area contributed by atoms with Crippen LogP contribution in [0.25, 0.3) is 0 Å². The average molecular weight is 256 g/mol. The van der Waals surface area contributed by atoms with Gasteiger partial charge in [-0.05, 0) is 24.7 Å². The number of rotatable bonds is 4. The lowest BCUT2D eigenvalue weighted by Gasteiger charge is -2.23. The Morgan fingerprint density at radius 2 is 2.06 bits per heavy atom. The minimum atomic E-state index is 0.408. The van der Waals surface area contributed by atoms with Gasteiger partial charge in [-0.2, -0.15) is 0 Å². The summed E-state index contributed by atoms with van der Waals surface area (Å²) in [6.45, 7) is 14.7. The molecule has 0 amide bonds. The Morgan fingerprint density at radius 3 is 2.59 bits per heavy atom. The maximum Gasteiger partial charge on any atom is 0.157 e. The molecular weight excluding hydrogens is 228 g/mol. The first kappa shape index (κ1) is 14.9. The summed E-state index contributed by atoms with van der Waals surface area (Å²) in [4.78, 5) is 4.63. The van der Waals surface area contributed by atoms with E-state index in [0.29, 0.717) is 22.6 Å². The van der Waals surface area contributed by atoms with Crippen molar-refractivity contribution in [3.63, 3.8) is 0 Å². The van der Waals surface area contributed by atoms with Crippen LogP contribution < -0.4 is 5.32 Å². The third-order valence-electron chi connectivity index (χ3n) is 3.41. The molecule has 17 heavy (non-hydrogen) atoms. The molecule has 1 N–H and O–H groups in total. The van der Waals surface area contributed by atoms with Gasteiger partial charge in [0.15, 0.2) is 5.17 Å². The molecule has 1 aliphatic rings. The van der Waals surface area contributed by atoms with Gasteiger partial charge in [-0.3, -0.25) is 4.99 Å². The Labute approximate surface area is 111 Å². The molecule has 1 heterocycles. The van der Waals surface area contributed by atoms with Gasteiger partial charge in [0.2, 0.25) is 0 Å². The van der Waals surface area contributed by atoms with Crippen molar-refractivity contribution in [2.24, 2.45) is 16.3 Å². The van der Waals surface area contributed by atoms with Crippen molar-refractivity contribution >= 4 is 16.9 Å². The van der Waals surface area contributed by atoms with Gasteiger partial charge in [0, 0.05) is 11.3 Å². The molecule has 0 saturated heterocycles. The topological polar surface area (TPSA) is 24.4 Å². The van der Waals surface area contributed by atoms with Gasteiger partial charge >= 0.3 is 0 Å². The maximum atomic E-state index is 4.63. The molecular formula is C14H28N2S. The van der Waals surface area contributed by atoms with E-state index >= 15 is 0 Å². The Balaban J connectivity index is 2.35. The van der Waals surface area contributed by atoms with Crippen molar-refractivity contribution < 1.29 is 0 Å². The highest BCUT2D eigenvalue weighted by Gasteiger charge is 2.26. The molecule has 0 bridgehead atoms. The van der Waals surface area contributed by atoms with E-state index < -0.39 is 0 Å². The zero-order valence-corrected chi connectivity index (χ0v) is 13.0. The Kier molecular flexibility index (Phi) is 5.36.